The highest BCUT2D eigenvalue weighted by Gasteiger charge is 2.43. The summed E-state index contributed by atoms with van der Waals surface area (Å²) in [5, 5.41) is 12.3. The maximum Gasteiger partial charge on any atom is 0.411 e. The molecule has 112 valence electrons. The van der Waals surface area contributed by atoms with Crippen LogP contribution in [0.4, 0.5) is 13.2 Å². The second kappa shape index (κ2) is 6.56. The lowest BCUT2D eigenvalue weighted by Crippen LogP contribution is -2.56. The third-order valence-corrected chi connectivity index (χ3v) is 3.31. The normalized spacial score (nSPS) is 28.3. The van der Waals surface area contributed by atoms with Crippen molar-refractivity contribution in [1.29, 1.82) is 0 Å². The van der Waals surface area contributed by atoms with E-state index in [0.29, 0.717) is 25.8 Å². The van der Waals surface area contributed by atoms with E-state index in [4.69, 9.17) is 4.74 Å². The van der Waals surface area contributed by atoms with Crippen LogP contribution in [0.25, 0.3) is 0 Å². The standard InChI is InChI=1S/C12H20F3NO3/c1-2-6-16-11(10(17)18)5-3-4-9(7-11)19-8-12(13,14)15/h9,16H,2-8H2,1H3,(H,17,18). The van der Waals surface area contributed by atoms with E-state index < -0.39 is 30.4 Å². The number of halogens is 3. The molecule has 0 heterocycles. The Morgan fingerprint density at radius 1 is 1.53 bits per heavy atom. The minimum atomic E-state index is -4.37. The number of ether oxygens (including phenoxy) is 1. The van der Waals surface area contributed by atoms with Gasteiger partial charge in [0.2, 0.25) is 0 Å². The summed E-state index contributed by atoms with van der Waals surface area (Å²) >= 11 is 0. The number of hydrogen-bond acceptors (Lipinski definition) is 3. The zero-order chi connectivity index (χ0) is 14.5. The highest BCUT2D eigenvalue weighted by molar-refractivity contribution is 5.79. The number of hydrogen-bond donors (Lipinski definition) is 2. The Morgan fingerprint density at radius 3 is 2.74 bits per heavy atom. The fourth-order valence-corrected chi connectivity index (χ4v) is 2.37. The van der Waals surface area contributed by atoms with Crippen molar-refractivity contribution in [3.8, 4) is 0 Å². The van der Waals surface area contributed by atoms with Crippen LogP contribution < -0.4 is 5.32 Å². The lowest BCUT2D eigenvalue weighted by atomic mass is 9.80. The number of alkyl halides is 3. The minimum absolute atomic E-state index is 0.0818. The van der Waals surface area contributed by atoms with Crippen molar-refractivity contribution < 1.29 is 27.8 Å². The number of aliphatic carboxylic acids is 1. The van der Waals surface area contributed by atoms with Gasteiger partial charge in [0.1, 0.15) is 12.1 Å². The van der Waals surface area contributed by atoms with Gasteiger partial charge in [-0.3, -0.25) is 4.79 Å². The quantitative estimate of drug-likeness (QED) is 0.785. The molecule has 1 fully saturated rings. The smallest absolute Gasteiger partial charge is 0.411 e. The van der Waals surface area contributed by atoms with Gasteiger partial charge in [-0.15, -0.1) is 0 Å². The van der Waals surface area contributed by atoms with Crippen molar-refractivity contribution in [2.45, 2.75) is 56.8 Å². The monoisotopic (exact) mass is 283 g/mol. The van der Waals surface area contributed by atoms with Gasteiger partial charge < -0.3 is 15.2 Å². The van der Waals surface area contributed by atoms with Crippen LogP contribution in [0.3, 0.4) is 0 Å². The van der Waals surface area contributed by atoms with E-state index in [1.807, 2.05) is 6.92 Å². The number of nitrogens with one attached hydrogen (secondary N) is 1. The minimum Gasteiger partial charge on any atom is -0.480 e. The number of carbonyl (C=O) groups is 1. The zero-order valence-electron chi connectivity index (χ0n) is 10.9. The van der Waals surface area contributed by atoms with E-state index in [2.05, 4.69) is 5.32 Å². The van der Waals surface area contributed by atoms with E-state index in [1.54, 1.807) is 0 Å². The van der Waals surface area contributed by atoms with Gasteiger partial charge in [-0.2, -0.15) is 13.2 Å². The summed E-state index contributed by atoms with van der Waals surface area (Å²) < 4.78 is 41.1. The Balaban J connectivity index is 2.61. The Labute approximate surface area is 110 Å². The van der Waals surface area contributed by atoms with Crippen molar-refractivity contribution in [3.05, 3.63) is 0 Å². The molecule has 2 unspecified atom stereocenters. The summed E-state index contributed by atoms with van der Waals surface area (Å²) in [5.74, 6) is -1.01. The zero-order valence-corrected chi connectivity index (χ0v) is 10.9. The molecule has 2 N–H and O–H groups in total. The average Bonchev–Trinajstić information content (AvgIpc) is 2.33. The maximum atomic E-state index is 12.1. The van der Waals surface area contributed by atoms with Gasteiger partial charge in [0, 0.05) is 6.42 Å². The molecule has 1 saturated carbocycles. The van der Waals surface area contributed by atoms with Crippen LogP contribution in [-0.4, -0.2) is 42.0 Å². The molecule has 7 heteroatoms. The van der Waals surface area contributed by atoms with Crippen molar-refractivity contribution in [1.82, 2.24) is 5.32 Å². The summed E-state index contributed by atoms with van der Waals surface area (Å²) in [7, 11) is 0. The molecule has 0 aromatic carbocycles. The second-order valence-electron chi connectivity index (χ2n) is 4.96. The van der Waals surface area contributed by atoms with Crippen LogP contribution in [0, 0.1) is 0 Å². The third kappa shape index (κ3) is 4.99. The molecule has 0 aliphatic heterocycles. The molecule has 0 aromatic heterocycles. The molecule has 0 bridgehead atoms. The number of rotatable bonds is 6. The summed E-state index contributed by atoms with van der Waals surface area (Å²) in [6, 6.07) is 0. The van der Waals surface area contributed by atoms with E-state index in [-0.39, 0.29) is 6.42 Å². The molecule has 2 atom stereocenters. The van der Waals surface area contributed by atoms with E-state index in [9.17, 15) is 23.1 Å². The highest BCUT2D eigenvalue weighted by atomic mass is 19.4. The third-order valence-electron chi connectivity index (χ3n) is 3.31. The first-order valence-electron chi connectivity index (χ1n) is 6.46. The number of carboxylic acid groups (broad SMARTS) is 1. The van der Waals surface area contributed by atoms with E-state index in [0.717, 1.165) is 6.42 Å². The molecule has 0 spiro atoms. The van der Waals surface area contributed by atoms with Gasteiger partial charge >= 0.3 is 12.1 Å². The van der Waals surface area contributed by atoms with Crippen LogP contribution in [0.1, 0.15) is 39.0 Å². The fourth-order valence-electron chi connectivity index (χ4n) is 2.37. The van der Waals surface area contributed by atoms with Gasteiger partial charge in [0.25, 0.3) is 0 Å². The van der Waals surface area contributed by atoms with Crippen LogP contribution in [0.2, 0.25) is 0 Å². The van der Waals surface area contributed by atoms with Crippen molar-refractivity contribution >= 4 is 5.97 Å². The first-order chi connectivity index (χ1) is 8.79. The van der Waals surface area contributed by atoms with Gasteiger partial charge in [-0.05, 0) is 32.2 Å². The highest BCUT2D eigenvalue weighted by Crippen LogP contribution is 2.31. The van der Waals surface area contributed by atoms with Crippen LogP contribution >= 0.6 is 0 Å². The molecule has 0 saturated heterocycles. The summed E-state index contributed by atoms with van der Waals surface area (Å²) in [4.78, 5) is 11.4. The molecular formula is C12H20F3NO3. The predicted octanol–water partition coefficient (Wildman–Crippen LogP) is 2.33. The molecule has 0 aromatic rings. The Bertz CT molecular complexity index is 309. The van der Waals surface area contributed by atoms with Gasteiger partial charge in [0.15, 0.2) is 0 Å². The second-order valence-corrected chi connectivity index (χ2v) is 4.96. The van der Waals surface area contributed by atoms with E-state index >= 15 is 0 Å². The molecule has 1 aliphatic rings. The number of carboxylic acids is 1. The topological polar surface area (TPSA) is 58.6 Å². The molecule has 1 rings (SSSR count). The first-order valence-corrected chi connectivity index (χ1v) is 6.46. The van der Waals surface area contributed by atoms with Crippen LogP contribution in [0.15, 0.2) is 0 Å². The molecular weight excluding hydrogens is 263 g/mol. The van der Waals surface area contributed by atoms with Crippen LogP contribution in [-0.2, 0) is 9.53 Å². The summed E-state index contributed by atoms with van der Waals surface area (Å²) in [5.41, 5.74) is -1.15. The molecule has 4 nitrogen and oxygen atoms in total. The largest absolute Gasteiger partial charge is 0.480 e. The van der Waals surface area contributed by atoms with Crippen molar-refractivity contribution in [2.75, 3.05) is 13.2 Å². The maximum absolute atomic E-state index is 12.1. The van der Waals surface area contributed by atoms with E-state index in [1.165, 1.54) is 0 Å². The van der Waals surface area contributed by atoms with Crippen molar-refractivity contribution in [3.63, 3.8) is 0 Å². The van der Waals surface area contributed by atoms with Crippen LogP contribution in [0.5, 0.6) is 0 Å². The molecule has 1 aliphatic carbocycles. The van der Waals surface area contributed by atoms with Crippen molar-refractivity contribution in [2.24, 2.45) is 0 Å². The molecule has 19 heavy (non-hydrogen) atoms. The lowest BCUT2D eigenvalue weighted by molar-refractivity contribution is -0.191. The molecule has 0 amide bonds. The Kier molecular flexibility index (Phi) is 5.61. The first kappa shape index (κ1) is 16.2. The van der Waals surface area contributed by atoms with Gasteiger partial charge in [-0.25, -0.2) is 0 Å². The average molecular weight is 283 g/mol. The van der Waals surface area contributed by atoms with Gasteiger partial charge in [0.05, 0.1) is 6.10 Å². The summed E-state index contributed by atoms with van der Waals surface area (Å²) in [6.45, 7) is 1.11. The SMILES string of the molecule is CCCNC1(C(=O)O)CCCC(OCC(F)(F)F)C1. The lowest BCUT2D eigenvalue weighted by Gasteiger charge is -2.38. The Morgan fingerprint density at radius 2 is 2.21 bits per heavy atom. The predicted molar refractivity (Wildman–Crippen MR) is 62.9 cm³/mol. The summed E-state index contributed by atoms with van der Waals surface area (Å²) in [6.07, 6.45) is -2.74. The van der Waals surface area contributed by atoms with Gasteiger partial charge in [-0.1, -0.05) is 6.92 Å². The fraction of sp³-hybridized carbons (Fsp3) is 0.917. The molecule has 0 radical (unpaired) electrons. The Hall–Kier alpha value is -0.820.